The van der Waals surface area contributed by atoms with Crippen LogP contribution in [-0.2, 0) is 46.1 Å². The topological polar surface area (TPSA) is 25.3 Å². The Kier molecular flexibility index (Phi) is 40.9. The second-order valence-corrected chi connectivity index (χ2v) is 22.6. The van der Waals surface area contributed by atoms with Crippen molar-refractivity contribution in [1.82, 2.24) is 0 Å². The molecule has 2 nitrogen and oxygen atoms in total. The van der Waals surface area contributed by atoms with Crippen molar-refractivity contribution in [3.05, 3.63) is 86.5 Å². The van der Waals surface area contributed by atoms with Crippen LogP contribution in [-0.4, -0.2) is 4.70 Å². The molecule has 3 rings (SSSR count). The van der Waals surface area contributed by atoms with Crippen LogP contribution in [0.3, 0.4) is 0 Å². The summed E-state index contributed by atoms with van der Waals surface area (Å²) >= 11 is 0. The molecule has 0 N–H and O–H groups in total. The number of unbranched alkanes of at least 4 members (excludes halogenated alkanes) is 34. The number of hydrogen-bond donors (Lipinski definition) is 0. The van der Waals surface area contributed by atoms with Crippen LogP contribution < -0.4 is 0 Å². The van der Waals surface area contributed by atoms with E-state index in [9.17, 15) is 5.53 Å². The molecule has 0 spiro atoms. The summed E-state index contributed by atoms with van der Waals surface area (Å²) in [6.45, 7) is 13.9. The van der Waals surface area contributed by atoms with Gasteiger partial charge in [0.1, 0.15) is 0 Å². The quantitative estimate of drug-likeness (QED) is 0.0359. The molecule has 3 heteroatoms. The van der Waals surface area contributed by atoms with E-state index in [-0.39, 0.29) is 20.4 Å². The van der Waals surface area contributed by atoms with Crippen LogP contribution in [0.5, 0.6) is 0 Å². The molecule has 0 unspecified atom stereocenters. The molecule has 2 aromatic carbocycles. The van der Waals surface area contributed by atoms with E-state index in [2.05, 4.69) is 77.9 Å². The average molecular weight is 1070 g/mol. The first-order chi connectivity index (χ1) is 34.5. The van der Waals surface area contributed by atoms with Gasteiger partial charge < -0.3 is 5.53 Å². The molecule has 0 radical (unpaired) electrons. The van der Waals surface area contributed by atoms with Crippen LogP contribution in [0.2, 0.25) is 0 Å². The van der Waals surface area contributed by atoms with Gasteiger partial charge in [0.25, 0.3) is 0 Å². The van der Waals surface area contributed by atoms with Gasteiger partial charge in [-0.25, -0.2) is 4.70 Å². The van der Waals surface area contributed by atoms with E-state index in [1.54, 1.807) is 4.70 Å². The van der Waals surface area contributed by atoms with E-state index in [0.717, 1.165) is 49.9 Å². The average Bonchev–Trinajstić information content (AvgIpc) is 3.65. The molecule has 1 aliphatic rings. The van der Waals surface area contributed by atoms with Crippen molar-refractivity contribution in [2.75, 3.05) is 0 Å². The van der Waals surface area contributed by atoms with Gasteiger partial charge >= 0.3 is 0 Å². The summed E-state index contributed by atoms with van der Waals surface area (Å²) in [5.74, 6) is 0. The normalized spacial score (nSPS) is 12.8. The fourth-order valence-corrected chi connectivity index (χ4v) is 11.4. The van der Waals surface area contributed by atoms with Crippen LogP contribution in [0.15, 0.2) is 47.5 Å². The van der Waals surface area contributed by atoms with Crippen molar-refractivity contribution < 1.29 is 25.1 Å². The van der Waals surface area contributed by atoms with Gasteiger partial charge in [-0.2, -0.15) is 0 Å². The molecule has 0 fully saturated rings. The smallest absolute Gasteiger partial charge is 0.211 e. The molecule has 0 amide bonds. The van der Waals surface area contributed by atoms with Gasteiger partial charge in [0, 0.05) is 42.7 Å². The van der Waals surface area contributed by atoms with Crippen LogP contribution in [0.25, 0.3) is 16.9 Å². The predicted molar refractivity (Wildman–Crippen MR) is 313 cm³/mol. The van der Waals surface area contributed by atoms with Gasteiger partial charge in [0.15, 0.2) is 0 Å². The summed E-state index contributed by atoms with van der Waals surface area (Å²) in [4.78, 5) is 0. The van der Waals surface area contributed by atoms with Gasteiger partial charge in [-0.15, -0.1) is 0 Å². The maximum Gasteiger partial charge on any atom is 0.211 e. The molecular formula is C68H116N2Pd. The first kappa shape index (κ1) is 65.3. The number of hydrogen-bond acceptors (Lipinski definition) is 0. The van der Waals surface area contributed by atoms with Crippen molar-refractivity contribution in [2.45, 2.75) is 337 Å². The van der Waals surface area contributed by atoms with Gasteiger partial charge in [-0.1, -0.05) is 272 Å². The summed E-state index contributed by atoms with van der Waals surface area (Å²) in [5.41, 5.74) is 26.3. The Morgan fingerprint density at radius 3 is 0.704 bits per heavy atom. The van der Waals surface area contributed by atoms with E-state index < -0.39 is 0 Å². The molecule has 2 aromatic rings. The zero-order valence-electron chi connectivity index (χ0n) is 48.2. The van der Waals surface area contributed by atoms with Crippen LogP contribution in [0.4, 0.5) is 0 Å². The first-order valence-electron chi connectivity index (χ1n) is 31.7. The maximum atomic E-state index is 12.9. The van der Waals surface area contributed by atoms with Crippen molar-refractivity contribution in [1.29, 1.82) is 0 Å². The van der Waals surface area contributed by atoms with Crippen molar-refractivity contribution in [3.8, 4) is 0 Å². The number of benzene rings is 2. The van der Waals surface area contributed by atoms with Gasteiger partial charge in [0.05, 0.1) is 0 Å². The Labute approximate surface area is 457 Å². The summed E-state index contributed by atoms with van der Waals surface area (Å²) in [5, 5.41) is 0. The van der Waals surface area contributed by atoms with Crippen LogP contribution >= 0.6 is 0 Å². The second kappa shape index (κ2) is 44.5. The number of aryl methyl sites for hydroxylation is 4. The summed E-state index contributed by atoms with van der Waals surface area (Å²) in [6, 6.07) is 14.9. The molecule has 71 heavy (non-hydrogen) atoms. The van der Waals surface area contributed by atoms with Crippen molar-refractivity contribution in [3.63, 3.8) is 0 Å². The minimum atomic E-state index is 0. The zero-order chi connectivity index (χ0) is 50.1. The van der Waals surface area contributed by atoms with Crippen molar-refractivity contribution in [2.24, 2.45) is 0 Å². The SMILES string of the molecule is CCCCCCCCCCCCCCCCCCCCCCCCCCC1=C(c2cc(CCCC)cc(CCCCCC)c2)[N+](=[N-])C(c2cc(CCCC)cc(CCCCCC)c2)=C1CCCCCC.[Pd]. The number of nitrogens with zero attached hydrogens (tertiary/aromatic N) is 2. The minimum absolute atomic E-state index is 0. The fraction of sp³-hybridized carbons (Fsp3) is 0.765. The largest absolute Gasteiger partial charge is 0.493 e. The first-order valence-corrected chi connectivity index (χ1v) is 31.7. The van der Waals surface area contributed by atoms with Crippen LogP contribution in [0.1, 0.15) is 345 Å². The Morgan fingerprint density at radius 1 is 0.254 bits per heavy atom. The van der Waals surface area contributed by atoms with E-state index >= 15 is 0 Å². The maximum absolute atomic E-state index is 12.9. The Hall–Kier alpha value is -1.82. The Balaban J connectivity index is 0.0000173. The number of allylic oxidation sites excluding steroid dienone is 2. The summed E-state index contributed by atoms with van der Waals surface area (Å²) in [7, 11) is 0. The molecule has 408 valence electrons. The van der Waals surface area contributed by atoms with Gasteiger partial charge in [-0.05, 0) is 124 Å². The molecule has 0 saturated carbocycles. The third kappa shape index (κ3) is 28.6. The predicted octanol–water partition coefficient (Wildman–Crippen LogP) is 23.5. The third-order valence-corrected chi connectivity index (χ3v) is 15.8. The summed E-state index contributed by atoms with van der Waals surface area (Å²) < 4.78 is 1.73. The molecule has 0 aromatic heterocycles. The molecule has 0 saturated heterocycles. The molecular weight excluding hydrogens is 951 g/mol. The van der Waals surface area contributed by atoms with Crippen LogP contribution in [0, 0.1) is 0 Å². The third-order valence-electron chi connectivity index (χ3n) is 15.8. The van der Waals surface area contributed by atoms with Gasteiger partial charge in [0.2, 0.25) is 11.4 Å². The molecule has 1 heterocycles. The summed E-state index contributed by atoms with van der Waals surface area (Å²) in [6.07, 6.45) is 60.8. The standard InChI is InChI=1S/C68H116N2.Pd/c1-7-13-19-23-24-25-26-27-28-29-30-31-32-33-34-35-36-37-38-39-40-41-42-46-52-66-65(51-45-22-16-10-4)67(63-55-59(47-17-11-5)53-61(57-63)49-43-20-14-8-2)70(69)68(66)64-56-60(48-18-12-6)54-62(58-64)50-44-21-15-9-3;/h53-58H,7-52H2,1-6H3;. The van der Waals surface area contributed by atoms with E-state index in [1.807, 2.05) is 0 Å². The zero-order valence-corrected chi connectivity index (χ0v) is 49.8. The fourth-order valence-electron chi connectivity index (χ4n) is 11.4. The Bertz CT molecular complexity index is 1680. The number of rotatable bonds is 48. The second-order valence-electron chi connectivity index (χ2n) is 22.6. The molecule has 0 atom stereocenters. The van der Waals surface area contributed by atoms with E-state index in [4.69, 9.17) is 0 Å². The minimum Gasteiger partial charge on any atom is -0.493 e. The van der Waals surface area contributed by atoms with E-state index in [0.29, 0.717) is 0 Å². The molecule has 1 aliphatic heterocycles. The monoisotopic (exact) mass is 1070 g/mol. The molecule has 0 bridgehead atoms. The van der Waals surface area contributed by atoms with Crippen molar-refractivity contribution >= 4 is 11.4 Å². The Morgan fingerprint density at radius 2 is 0.451 bits per heavy atom. The molecule has 0 aliphatic carbocycles. The van der Waals surface area contributed by atoms with E-state index in [1.165, 1.54) is 301 Å². The van der Waals surface area contributed by atoms with Gasteiger partial charge in [-0.3, -0.25) is 0 Å².